The Morgan fingerprint density at radius 3 is 2.38 bits per heavy atom. The number of aromatic nitrogens is 2. The zero-order valence-corrected chi connectivity index (χ0v) is 19.1. The van der Waals surface area contributed by atoms with Gasteiger partial charge in [-0.2, -0.15) is 0 Å². The van der Waals surface area contributed by atoms with E-state index in [4.69, 9.17) is 9.31 Å². The molecule has 2 N–H and O–H groups in total. The number of carbonyl (C=O) groups is 2. The van der Waals surface area contributed by atoms with Crippen LogP contribution >= 0.6 is 0 Å². The van der Waals surface area contributed by atoms with Crippen molar-refractivity contribution in [3.63, 3.8) is 0 Å². The first-order chi connectivity index (χ1) is 15.0. The number of aryl methyl sites for hydroxylation is 1. The van der Waals surface area contributed by atoms with Crippen molar-refractivity contribution in [1.29, 1.82) is 0 Å². The molecule has 1 fully saturated rings. The number of benzene rings is 1. The highest BCUT2D eigenvalue weighted by atomic mass is 16.7. The molecule has 0 atom stereocenters. The van der Waals surface area contributed by atoms with Crippen LogP contribution in [0.3, 0.4) is 0 Å². The fraction of sp³-hybridized carbons (Fsp3) is 0.348. The molecule has 0 saturated carbocycles. The van der Waals surface area contributed by atoms with Gasteiger partial charge < -0.3 is 24.3 Å². The van der Waals surface area contributed by atoms with E-state index in [0.29, 0.717) is 22.5 Å². The van der Waals surface area contributed by atoms with Crippen molar-refractivity contribution in [3.8, 4) is 0 Å². The largest absolute Gasteiger partial charge is 0.496 e. The molecule has 3 heterocycles. The Labute approximate surface area is 187 Å². The minimum Gasteiger partial charge on any atom is -0.399 e. The quantitative estimate of drug-likeness (QED) is 0.616. The van der Waals surface area contributed by atoms with Crippen LogP contribution in [-0.2, 0) is 9.31 Å². The average molecular weight is 434 g/mol. The monoisotopic (exact) mass is 434 g/mol. The van der Waals surface area contributed by atoms with Crippen LogP contribution in [0, 0.1) is 6.92 Å². The molecule has 0 unspecified atom stereocenters. The Morgan fingerprint density at radius 1 is 1.03 bits per heavy atom. The van der Waals surface area contributed by atoms with Crippen molar-refractivity contribution in [1.82, 2.24) is 14.7 Å². The molecule has 0 bridgehead atoms. The zero-order valence-electron chi connectivity index (χ0n) is 19.1. The highest BCUT2D eigenvalue weighted by Crippen LogP contribution is 2.36. The molecular formula is C23H27BN4O4. The van der Waals surface area contributed by atoms with Gasteiger partial charge in [0.05, 0.1) is 22.4 Å². The maximum Gasteiger partial charge on any atom is 0.496 e. The summed E-state index contributed by atoms with van der Waals surface area (Å²) in [4.78, 5) is 29.5. The van der Waals surface area contributed by atoms with E-state index in [2.05, 4.69) is 15.6 Å². The van der Waals surface area contributed by atoms with Crippen molar-refractivity contribution in [3.05, 3.63) is 59.7 Å². The first-order valence-corrected chi connectivity index (χ1v) is 10.5. The summed E-state index contributed by atoms with van der Waals surface area (Å²) < 4.78 is 14.2. The Bertz CT molecular complexity index is 1200. The number of rotatable bonds is 4. The van der Waals surface area contributed by atoms with Crippen LogP contribution < -0.4 is 16.1 Å². The van der Waals surface area contributed by atoms with E-state index in [1.807, 2.05) is 57.5 Å². The van der Waals surface area contributed by atoms with E-state index in [1.165, 1.54) is 0 Å². The van der Waals surface area contributed by atoms with Gasteiger partial charge in [-0.1, -0.05) is 6.07 Å². The van der Waals surface area contributed by atoms with E-state index >= 15 is 0 Å². The predicted molar refractivity (Wildman–Crippen MR) is 123 cm³/mol. The molecule has 32 heavy (non-hydrogen) atoms. The number of anilines is 1. The van der Waals surface area contributed by atoms with Crippen molar-refractivity contribution in [2.45, 2.75) is 45.8 Å². The third-order valence-corrected chi connectivity index (χ3v) is 6.08. The molecule has 2 aromatic heterocycles. The molecule has 1 aromatic carbocycles. The van der Waals surface area contributed by atoms with E-state index in [0.717, 1.165) is 5.46 Å². The lowest BCUT2D eigenvalue weighted by Gasteiger charge is -2.32. The van der Waals surface area contributed by atoms with Gasteiger partial charge in [0, 0.05) is 36.2 Å². The van der Waals surface area contributed by atoms with Gasteiger partial charge in [-0.05, 0) is 58.9 Å². The standard InChI is InChI=1S/C23H27BN4O4/c1-14-12-28-13-16(24-31-22(2,3)23(4,5)32-24)11-18(28)19(26-14)21(30)27-17-9-7-8-15(10-17)20(29)25-6/h7-13H,1-6H3,(H,25,29)(H,27,30). The second-order valence-corrected chi connectivity index (χ2v) is 9.00. The van der Waals surface area contributed by atoms with Gasteiger partial charge in [0.25, 0.3) is 11.8 Å². The summed E-state index contributed by atoms with van der Waals surface area (Å²) in [7, 11) is 1.02. The molecule has 4 rings (SSSR count). The topological polar surface area (TPSA) is 94.0 Å². The molecule has 2 amide bonds. The fourth-order valence-electron chi connectivity index (χ4n) is 3.61. The lowest BCUT2D eigenvalue weighted by Crippen LogP contribution is -2.41. The highest BCUT2D eigenvalue weighted by molar-refractivity contribution is 6.62. The Hall–Kier alpha value is -3.17. The summed E-state index contributed by atoms with van der Waals surface area (Å²) in [5.41, 5.74) is 2.46. The van der Waals surface area contributed by atoms with Crippen LogP contribution in [-0.4, -0.2) is 46.6 Å². The summed E-state index contributed by atoms with van der Waals surface area (Å²) in [6.07, 6.45) is 3.75. The maximum absolute atomic E-state index is 13.1. The minimum absolute atomic E-state index is 0.226. The summed E-state index contributed by atoms with van der Waals surface area (Å²) in [6.45, 7) is 9.83. The highest BCUT2D eigenvalue weighted by Gasteiger charge is 2.52. The third-order valence-electron chi connectivity index (χ3n) is 6.08. The number of nitrogens with one attached hydrogen (secondary N) is 2. The van der Waals surface area contributed by atoms with Crippen LogP contribution in [0.15, 0.2) is 42.7 Å². The lowest BCUT2D eigenvalue weighted by molar-refractivity contribution is 0.00578. The van der Waals surface area contributed by atoms with Crippen LogP contribution in [0.2, 0.25) is 0 Å². The number of carbonyl (C=O) groups excluding carboxylic acids is 2. The summed E-state index contributed by atoms with van der Waals surface area (Å²) >= 11 is 0. The van der Waals surface area contributed by atoms with E-state index in [-0.39, 0.29) is 17.5 Å². The summed E-state index contributed by atoms with van der Waals surface area (Å²) in [5, 5.41) is 5.42. The number of fused-ring (bicyclic) bond motifs is 1. The number of hydrogen-bond acceptors (Lipinski definition) is 5. The number of nitrogens with zero attached hydrogens (tertiary/aromatic N) is 2. The SMILES string of the molecule is CNC(=O)c1cccc(NC(=O)c2nc(C)cn3cc(B4OC(C)(C)C(C)(C)O4)cc23)c1. The average Bonchev–Trinajstić information content (AvgIpc) is 3.24. The van der Waals surface area contributed by atoms with Gasteiger partial charge in [-0.15, -0.1) is 0 Å². The van der Waals surface area contributed by atoms with E-state index in [1.54, 1.807) is 31.3 Å². The molecule has 8 nitrogen and oxygen atoms in total. The second-order valence-electron chi connectivity index (χ2n) is 9.00. The molecule has 0 aliphatic carbocycles. The Balaban J connectivity index is 1.66. The van der Waals surface area contributed by atoms with E-state index in [9.17, 15) is 9.59 Å². The van der Waals surface area contributed by atoms with Crippen LogP contribution in [0.25, 0.3) is 5.52 Å². The van der Waals surface area contributed by atoms with Crippen molar-refractivity contribution in [2.75, 3.05) is 12.4 Å². The zero-order chi connectivity index (χ0) is 23.3. The smallest absolute Gasteiger partial charge is 0.399 e. The van der Waals surface area contributed by atoms with Gasteiger partial charge in [-0.25, -0.2) is 4.98 Å². The van der Waals surface area contributed by atoms with Crippen molar-refractivity contribution >= 4 is 35.6 Å². The van der Waals surface area contributed by atoms with Gasteiger partial charge in [0.15, 0.2) is 5.69 Å². The van der Waals surface area contributed by atoms with Gasteiger partial charge in [-0.3, -0.25) is 9.59 Å². The first kappa shape index (κ1) is 22.0. The van der Waals surface area contributed by atoms with Gasteiger partial charge >= 0.3 is 7.12 Å². The lowest BCUT2D eigenvalue weighted by atomic mass is 9.81. The molecule has 1 saturated heterocycles. The number of amides is 2. The van der Waals surface area contributed by atoms with Crippen LogP contribution in [0.4, 0.5) is 5.69 Å². The maximum atomic E-state index is 13.1. The molecular weight excluding hydrogens is 407 g/mol. The van der Waals surface area contributed by atoms with Crippen LogP contribution in [0.5, 0.6) is 0 Å². The molecule has 1 aliphatic heterocycles. The molecule has 0 spiro atoms. The van der Waals surface area contributed by atoms with Crippen molar-refractivity contribution < 1.29 is 18.9 Å². The normalized spacial score (nSPS) is 16.9. The Morgan fingerprint density at radius 2 is 1.72 bits per heavy atom. The van der Waals surface area contributed by atoms with Gasteiger partial charge in [0.2, 0.25) is 0 Å². The van der Waals surface area contributed by atoms with Crippen LogP contribution in [0.1, 0.15) is 54.2 Å². The molecule has 9 heteroatoms. The number of hydrogen-bond donors (Lipinski definition) is 2. The minimum atomic E-state index is -0.541. The fourth-order valence-corrected chi connectivity index (χ4v) is 3.61. The third kappa shape index (κ3) is 3.89. The van der Waals surface area contributed by atoms with Crippen molar-refractivity contribution in [2.24, 2.45) is 0 Å². The molecule has 1 aliphatic rings. The summed E-state index contributed by atoms with van der Waals surface area (Å²) in [6, 6.07) is 8.61. The van der Waals surface area contributed by atoms with E-state index < -0.39 is 18.3 Å². The first-order valence-electron chi connectivity index (χ1n) is 10.5. The molecule has 166 valence electrons. The Kier molecular flexibility index (Phi) is 5.34. The molecule has 3 aromatic rings. The second kappa shape index (κ2) is 7.76. The predicted octanol–water partition coefficient (Wildman–Crippen LogP) is 2.55. The molecule has 0 radical (unpaired) electrons. The summed E-state index contributed by atoms with van der Waals surface area (Å²) in [5.74, 6) is -0.595. The van der Waals surface area contributed by atoms with Gasteiger partial charge in [0.1, 0.15) is 0 Å².